The van der Waals surface area contributed by atoms with E-state index in [9.17, 15) is 4.79 Å². The molecule has 0 spiro atoms. The zero-order valence-corrected chi connectivity index (χ0v) is 17.2. The van der Waals surface area contributed by atoms with Gasteiger partial charge in [-0.3, -0.25) is 4.79 Å². The lowest BCUT2D eigenvalue weighted by Crippen LogP contribution is -2.27. The third kappa shape index (κ3) is 4.75. The third-order valence-electron chi connectivity index (χ3n) is 5.10. The number of aromatic nitrogens is 1. The third-order valence-corrected chi connectivity index (χ3v) is 5.35. The average molecular weight is 399 g/mol. The molecular formula is C23H27ClN2O2. The molecule has 5 heteroatoms. The topological polar surface area (TPSA) is 54.1 Å². The van der Waals surface area contributed by atoms with E-state index in [1.807, 2.05) is 30.5 Å². The van der Waals surface area contributed by atoms with Gasteiger partial charge in [-0.05, 0) is 41.7 Å². The van der Waals surface area contributed by atoms with Crippen LogP contribution in [-0.2, 0) is 16.0 Å². The number of methoxy groups -OCH3 is 1. The van der Waals surface area contributed by atoms with Crippen LogP contribution in [0.3, 0.4) is 0 Å². The number of halogens is 1. The molecule has 2 aromatic carbocycles. The Morgan fingerprint density at radius 3 is 2.71 bits per heavy atom. The number of rotatable bonds is 9. The number of carbonyl (C=O) groups excluding carboxylic acids is 1. The minimum Gasteiger partial charge on any atom is -0.385 e. The number of carbonyl (C=O) groups is 1. The van der Waals surface area contributed by atoms with Crippen LogP contribution in [0, 0.1) is 0 Å². The van der Waals surface area contributed by atoms with E-state index in [1.165, 1.54) is 10.9 Å². The molecule has 1 heterocycles. The summed E-state index contributed by atoms with van der Waals surface area (Å²) in [5.74, 6) is -0.00222. The molecule has 0 aliphatic heterocycles. The molecule has 0 aliphatic carbocycles. The van der Waals surface area contributed by atoms with Crippen molar-refractivity contribution in [1.29, 1.82) is 0 Å². The van der Waals surface area contributed by atoms with Gasteiger partial charge in [0.1, 0.15) is 0 Å². The van der Waals surface area contributed by atoms with Gasteiger partial charge in [0.05, 0.1) is 0 Å². The van der Waals surface area contributed by atoms with E-state index in [-0.39, 0.29) is 11.8 Å². The Morgan fingerprint density at radius 2 is 2.00 bits per heavy atom. The number of ether oxygens (including phenoxy) is 1. The SMILES string of the molecule is CCc1cccc2c([C@@H](CC(=O)NCCCOC)c3ccc(Cl)cc3)c[nH]c12. The number of benzene rings is 2. The summed E-state index contributed by atoms with van der Waals surface area (Å²) in [4.78, 5) is 16.1. The molecule has 148 valence electrons. The van der Waals surface area contributed by atoms with Crippen molar-refractivity contribution in [3.63, 3.8) is 0 Å². The van der Waals surface area contributed by atoms with Crippen molar-refractivity contribution in [3.8, 4) is 0 Å². The van der Waals surface area contributed by atoms with Crippen LogP contribution >= 0.6 is 11.6 Å². The van der Waals surface area contributed by atoms with Crippen molar-refractivity contribution in [2.24, 2.45) is 0 Å². The van der Waals surface area contributed by atoms with Crippen molar-refractivity contribution < 1.29 is 9.53 Å². The van der Waals surface area contributed by atoms with Crippen LogP contribution in [0.4, 0.5) is 0 Å². The molecule has 3 aromatic rings. The number of aryl methyl sites for hydroxylation is 1. The monoisotopic (exact) mass is 398 g/mol. The van der Waals surface area contributed by atoms with E-state index >= 15 is 0 Å². The van der Waals surface area contributed by atoms with Crippen LogP contribution in [0.5, 0.6) is 0 Å². The number of hydrogen-bond donors (Lipinski definition) is 2. The Labute approximate surface area is 171 Å². The zero-order valence-electron chi connectivity index (χ0n) is 16.4. The lowest BCUT2D eigenvalue weighted by atomic mass is 9.87. The molecule has 0 saturated heterocycles. The van der Waals surface area contributed by atoms with Crippen LogP contribution in [0.15, 0.2) is 48.7 Å². The maximum Gasteiger partial charge on any atom is 0.220 e. The molecule has 2 N–H and O–H groups in total. The second-order valence-electron chi connectivity index (χ2n) is 6.94. The molecule has 0 unspecified atom stereocenters. The summed E-state index contributed by atoms with van der Waals surface area (Å²) in [5, 5.41) is 4.87. The van der Waals surface area contributed by atoms with Crippen molar-refractivity contribution in [2.45, 2.75) is 32.1 Å². The quantitative estimate of drug-likeness (QED) is 0.495. The summed E-state index contributed by atoms with van der Waals surface area (Å²) in [5.41, 5.74) is 4.65. The Kier molecular flexibility index (Phi) is 7.12. The van der Waals surface area contributed by atoms with Crippen LogP contribution in [0.2, 0.25) is 5.02 Å². The predicted molar refractivity (Wildman–Crippen MR) is 115 cm³/mol. The van der Waals surface area contributed by atoms with Gasteiger partial charge in [0.15, 0.2) is 0 Å². The minimum atomic E-state index is -0.0412. The van der Waals surface area contributed by atoms with E-state index < -0.39 is 0 Å². The van der Waals surface area contributed by atoms with E-state index in [0.717, 1.165) is 29.5 Å². The fourth-order valence-corrected chi connectivity index (χ4v) is 3.75. The second kappa shape index (κ2) is 9.76. The zero-order chi connectivity index (χ0) is 19.9. The lowest BCUT2D eigenvalue weighted by Gasteiger charge is -2.17. The molecular weight excluding hydrogens is 372 g/mol. The van der Waals surface area contributed by atoms with Gasteiger partial charge in [-0.15, -0.1) is 0 Å². The largest absolute Gasteiger partial charge is 0.385 e. The first kappa shape index (κ1) is 20.4. The standard InChI is InChI=1S/C23H27ClN2O2/c1-3-16-6-4-7-19-21(15-26-23(16)19)20(17-8-10-18(24)11-9-17)14-22(27)25-12-5-13-28-2/h4,6-11,15,20,26H,3,5,12-14H2,1-2H3,(H,25,27)/t20-/m0/s1. The fourth-order valence-electron chi connectivity index (χ4n) is 3.63. The molecule has 0 aliphatic rings. The Balaban J connectivity index is 1.91. The van der Waals surface area contributed by atoms with E-state index in [0.29, 0.717) is 24.6 Å². The second-order valence-corrected chi connectivity index (χ2v) is 7.38. The van der Waals surface area contributed by atoms with E-state index in [1.54, 1.807) is 7.11 Å². The molecule has 0 fully saturated rings. The maximum atomic E-state index is 12.6. The number of fused-ring (bicyclic) bond motifs is 1. The van der Waals surface area contributed by atoms with Crippen LogP contribution in [-0.4, -0.2) is 31.2 Å². The first-order valence-electron chi connectivity index (χ1n) is 9.74. The van der Waals surface area contributed by atoms with E-state index in [2.05, 4.69) is 35.4 Å². The van der Waals surface area contributed by atoms with Crippen LogP contribution in [0.1, 0.15) is 42.4 Å². The summed E-state index contributed by atoms with van der Waals surface area (Å²) >= 11 is 6.08. The average Bonchev–Trinajstić information content (AvgIpc) is 3.14. The molecule has 0 saturated carbocycles. The maximum absolute atomic E-state index is 12.6. The van der Waals surface area contributed by atoms with Gasteiger partial charge >= 0.3 is 0 Å². The molecule has 1 amide bonds. The number of H-pyrrole nitrogens is 1. The number of amides is 1. The molecule has 4 nitrogen and oxygen atoms in total. The Bertz CT molecular complexity index is 918. The van der Waals surface area contributed by atoms with Crippen LogP contribution in [0.25, 0.3) is 10.9 Å². The first-order chi connectivity index (χ1) is 13.6. The smallest absolute Gasteiger partial charge is 0.220 e. The van der Waals surface area contributed by atoms with E-state index in [4.69, 9.17) is 16.3 Å². The van der Waals surface area contributed by atoms with Crippen molar-refractivity contribution in [2.75, 3.05) is 20.3 Å². The Hall–Kier alpha value is -2.30. The van der Waals surface area contributed by atoms with Crippen molar-refractivity contribution >= 4 is 28.4 Å². The minimum absolute atomic E-state index is 0.0389. The highest BCUT2D eigenvalue weighted by Crippen LogP contribution is 2.35. The number of para-hydroxylation sites is 1. The molecule has 28 heavy (non-hydrogen) atoms. The van der Waals surface area contributed by atoms with Gasteiger partial charge in [0, 0.05) is 54.7 Å². The highest BCUT2D eigenvalue weighted by Gasteiger charge is 2.22. The first-order valence-corrected chi connectivity index (χ1v) is 10.1. The molecule has 0 radical (unpaired) electrons. The van der Waals surface area contributed by atoms with Crippen molar-refractivity contribution in [3.05, 3.63) is 70.4 Å². The number of nitrogens with one attached hydrogen (secondary N) is 2. The Morgan fingerprint density at radius 1 is 1.21 bits per heavy atom. The van der Waals surface area contributed by atoms with Crippen molar-refractivity contribution in [1.82, 2.24) is 10.3 Å². The van der Waals surface area contributed by atoms with Gasteiger partial charge in [0.25, 0.3) is 0 Å². The molecule has 1 aromatic heterocycles. The van der Waals surface area contributed by atoms with Gasteiger partial charge in [0.2, 0.25) is 5.91 Å². The number of aromatic amines is 1. The highest BCUT2D eigenvalue weighted by atomic mass is 35.5. The molecule has 0 bridgehead atoms. The summed E-state index contributed by atoms with van der Waals surface area (Å²) in [6.45, 7) is 3.41. The van der Waals surface area contributed by atoms with Crippen LogP contribution < -0.4 is 5.32 Å². The fraction of sp³-hybridized carbons (Fsp3) is 0.348. The summed E-state index contributed by atoms with van der Waals surface area (Å²) in [7, 11) is 1.67. The lowest BCUT2D eigenvalue weighted by molar-refractivity contribution is -0.121. The number of hydrogen-bond acceptors (Lipinski definition) is 2. The van der Waals surface area contributed by atoms with Gasteiger partial charge in [-0.2, -0.15) is 0 Å². The molecule has 1 atom stereocenters. The van der Waals surface area contributed by atoms with Gasteiger partial charge in [-0.25, -0.2) is 0 Å². The summed E-state index contributed by atoms with van der Waals surface area (Å²) < 4.78 is 5.05. The predicted octanol–water partition coefficient (Wildman–Crippen LogP) is 5.06. The van der Waals surface area contributed by atoms with Gasteiger partial charge < -0.3 is 15.0 Å². The normalized spacial score (nSPS) is 12.2. The molecule has 3 rings (SSSR count). The van der Waals surface area contributed by atoms with Gasteiger partial charge in [-0.1, -0.05) is 48.9 Å². The summed E-state index contributed by atoms with van der Waals surface area (Å²) in [6, 6.07) is 14.1. The summed E-state index contributed by atoms with van der Waals surface area (Å²) in [6.07, 6.45) is 4.20. The highest BCUT2D eigenvalue weighted by molar-refractivity contribution is 6.30.